The predicted molar refractivity (Wildman–Crippen MR) is 38.0 cm³/mol. The average molecular weight is 123 g/mol. The molecule has 9 heavy (non-hydrogen) atoms. The predicted octanol–water partition coefficient (Wildman–Crippen LogP) is 2.48. The molecule has 1 aliphatic carbocycles. The van der Waals surface area contributed by atoms with Gasteiger partial charge >= 0.3 is 0 Å². The van der Waals surface area contributed by atoms with Crippen LogP contribution in [0.2, 0.25) is 0 Å². The summed E-state index contributed by atoms with van der Waals surface area (Å²) in [6.07, 6.45) is 5.03. The maximum Gasteiger partial charge on any atom is 0.226 e. The second kappa shape index (κ2) is 2.87. The Balaban J connectivity index is 2.41. The van der Waals surface area contributed by atoms with Crippen LogP contribution in [-0.2, 0) is 0 Å². The van der Waals surface area contributed by atoms with E-state index in [0.717, 1.165) is 6.42 Å². The second-order valence-electron chi connectivity index (χ2n) is 2.96. The lowest BCUT2D eigenvalue weighted by Gasteiger charge is -2.18. The van der Waals surface area contributed by atoms with Gasteiger partial charge in [-0.1, -0.05) is 13.3 Å². The van der Waals surface area contributed by atoms with Gasteiger partial charge in [0.1, 0.15) is 0 Å². The van der Waals surface area contributed by atoms with E-state index in [1.807, 2.05) is 0 Å². The molecule has 0 N–H and O–H groups in total. The maximum absolute atomic E-state index is 6.85. The van der Waals surface area contributed by atoms with Crippen LogP contribution in [-0.4, -0.2) is 6.04 Å². The van der Waals surface area contributed by atoms with Crippen LogP contribution in [0.1, 0.15) is 32.6 Å². The fraction of sp³-hybridized carbons (Fsp3) is 0.875. The summed E-state index contributed by atoms with van der Waals surface area (Å²) in [6.45, 7) is 9.05. The third kappa shape index (κ3) is 1.45. The van der Waals surface area contributed by atoms with Crippen molar-refractivity contribution >= 4 is 0 Å². The van der Waals surface area contributed by atoms with Gasteiger partial charge < -0.3 is 4.85 Å². The van der Waals surface area contributed by atoms with Gasteiger partial charge in [-0.15, -0.1) is 0 Å². The molecule has 2 atom stereocenters. The van der Waals surface area contributed by atoms with Gasteiger partial charge in [-0.25, -0.2) is 6.57 Å². The first-order chi connectivity index (χ1) is 4.34. The van der Waals surface area contributed by atoms with Crippen molar-refractivity contribution in [2.75, 3.05) is 0 Å². The van der Waals surface area contributed by atoms with E-state index in [1.165, 1.54) is 19.3 Å². The second-order valence-corrected chi connectivity index (χ2v) is 2.96. The molecular formula is C8H13N. The summed E-state index contributed by atoms with van der Waals surface area (Å²) in [5.41, 5.74) is 0. The third-order valence-corrected chi connectivity index (χ3v) is 2.23. The molecule has 0 aromatic heterocycles. The van der Waals surface area contributed by atoms with Crippen molar-refractivity contribution in [2.24, 2.45) is 5.92 Å². The summed E-state index contributed by atoms with van der Waals surface area (Å²) < 4.78 is 0. The molecule has 0 spiro atoms. The van der Waals surface area contributed by atoms with Crippen LogP contribution in [0.4, 0.5) is 0 Å². The molecule has 0 radical (unpaired) electrons. The van der Waals surface area contributed by atoms with Gasteiger partial charge in [-0.2, -0.15) is 0 Å². The van der Waals surface area contributed by atoms with Crippen molar-refractivity contribution in [3.8, 4) is 0 Å². The Morgan fingerprint density at radius 3 is 2.44 bits per heavy atom. The van der Waals surface area contributed by atoms with Gasteiger partial charge in [-0.3, -0.25) is 0 Å². The van der Waals surface area contributed by atoms with Crippen molar-refractivity contribution in [3.63, 3.8) is 0 Å². The molecule has 0 unspecified atom stereocenters. The molecule has 0 amide bonds. The molecule has 0 saturated heterocycles. The molecule has 0 aromatic carbocycles. The lowest BCUT2D eigenvalue weighted by atomic mass is 9.86. The zero-order valence-corrected chi connectivity index (χ0v) is 5.93. The van der Waals surface area contributed by atoms with E-state index < -0.39 is 0 Å². The van der Waals surface area contributed by atoms with Crippen LogP contribution in [0.5, 0.6) is 0 Å². The topological polar surface area (TPSA) is 4.36 Å². The van der Waals surface area contributed by atoms with Gasteiger partial charge in [0.2, 0.25) is 6.04 Å². The molecule has 1 nitrogen and oxygen atoms in total. The highest BCUT2D eigenvalue weighted by Gasteiger charge is 2.24. The summed E-state index contributed by atoms with van der Waals surface area (Å²) in [5, 5.41) is 0. The monoisotopic (exact) mass is 123 g/mol. The highest BCUT2D eigenvalue weighted by Crippen LogP contribution is 2.25. The van der Waals surface area contributed by atoms with E-state index in [9.17, 15) is 0 Å². The quantitative estimate of drug-likeness (QED) is 0.436. The van der Waals surface area contributed by atoms with Crippen LogP contribution in [0.15, 0.2) is 0 Å². The number of nitrogens with zero attached hydrogens (tertiary/aromatic N) is 1. The fourth-order valence-electron chi connectivity index (χ4n) is 1.49. The van der Waals surface area contributed by atoms with Gasteiger partial charge in [0, 0.05) is 12.3 Å². The Hall–Kier alpha value is -0.510. The zero-order chi connectivity index (χ0) is 6.69. The van der Waals surface area contributed by atoms with Crippen molar-refractivity contribution in [1.82, 2.24) is 0 Å². The molecular weight excluding hydrogens is 110 g/mol. The highest BCUT2D eigenvalue weighted by molar-refractivity contribution is 4.86. The Morgan fingerprint density at radius 2 is 2.00 bits per heavy atom. The van der Waals surface area contributed by atoms with Crippen molar-refractivity contribution in [1.29, 1.82) is 0 Å². The van der Waals surface area contributed by atoms with E-state index in [-0.39, 0.29) is 0 Å². The molecule has 1 rings (SSSR count). The molecule has 1 saturated carbocycles. The standard InChI is InChI=1S/C8H13N/c1-7-5-3-4-6-8(7)9-2/h7-8H,3-6H2,1H3/t7-,8+/m1/s1. The summed E-state index contributed by atoms with van der Waals surface area (Å²) in [6, 6.07) is 0.346. The number of rotatable bonds is 0. The minimum atomic E-state index is 0.346. The summed E-state index contributed by atoms with van der Waals surface area (Å²) in [7, 11) is 0. The summed E-state index contributed by atoms with van der Waals surface area (Å²) in [4.78, 5) is 3.58. The van der Waals surface area contributed by atoms with Crippen LogP contribution in [0.25, 0.3) is 4.85 Å². The van der Waals surface area contributed by atoms with Crippen LogP contribution < -0.4 is 0 Å². The van der Waals surface area contributed by atoms with Crippen molar-refractivity contribution in [3.05, 3.63) is 11.4 Å². The van der Waals surface area contributed by atoms with Crippen molar-refractivity contribution in [2.45, 2.75) is 38.6 Å². The number of hydrogen-bond acceptors (Lipinski definition) is 0. The molecule has 1 heteroatoms. The summed E-state index contributed by atoms with van der Waals surface area (Å²) in [5.74, 6) is 0.663. The van der Waals surface area contributed by atoms with Gasteiger partial charge in [0.15, 0.2) is 0 Å². The largest absolute Gasteiger partial charge is 0.313 e. The maximum atomic E-state index is 6.85. The molecule has 1 aliphatic rings. The van der Waals surface area contributed by atoms with Gasteiger partial charge in [-0.05, 0) is 12.8 Å². The van der Waals surface area contributed by atoms with Crippen LogP contribution in [0, 0.1) is 12.5 Å². The molecule has 0 aromatic rings. The molecule has 50 valence electrons. The van der Waals surface area contributed by atoms with Gasteiger partial charge in [0.05, 0.1) is 0 Å². The number of hydrogen-bond donors (Lipinski definition) is 0. The SMILES string of the molecule is [C-]#[N+][C@H]1CCCC[C@H]1C. The van der Waals surface area contributed by atoms with Crippen molar-refractivity contribution < 1.29 is 0 Å². The van der Waals surface area contributed by atoms with Crippen LogP contribution in [0.3, 0.4) is 0 Å². The molecule has 0 heterocycles. The first kappa shape index (κ1) is 6.61. The van der Waals surface area contributed by atoms with Gasteiger partial charge in [0.25, 0.3) is 0 Å². The lowest BCUT2D eigenvalue weighted by molar-refractivity contribution is 0.364. The Labute approximate surface area is 56.9 Å². The highest BCUT2D eigenvalue weighted by atomic mass is 14.7. The first-order valence-corrected chi connectivity index (χ1v) is 3.71. The Kier molecular flexibility index (Phi) is 2.10. The first-order valence-electron chi connectivity index (χ1n) is 3.71. The molecule has 0 aliphatic heterocycles. The third-order valence-electron chi connectivity index (χ3n) is 2.23. The van der Waals surface area contributed by atoms with E-state index in [0.29, 0.717) is 12.0 Å². The van der Waals surface area contributed by atoms with E-state index in [2.05, 4.69) is 11.8 Å². The zero-order valence-electron chi connectivity index (χ0n) is 5.93. The Morgan fingerprint density at radius 1 is 1.33 bits per heavy atom. The normalized spacial score (nSPS) is 35.6. The minimum absolute atomic E-state index is 0.346. The van der Waals surface area contributed by atoms with E-state index in [1.54, 1.807) is 0 Å². The minimum Gasteiger partial charge on any atom is -0.313 e. The molecule has 1 fully saturated rings. The fourth-order valence-corrected chi connectivity index (χ4v) is 1.49. The Bertz CT molecular complexity index is 123. The summed E-state index contributed by atoms with van der Waals surface area (Å²) >= 11 is 0. The van der Waals surface area contributed by atoms with Crippen LogP contribution >= 0.6 is 0 Å². The van der Waals surface area contributed by atoms with E-state index >= 15 is 0 Å². The van der Waals surface area contributed by atoms with E-state index in [4.69, 9.17) is 6.57 Å². The lowest BCUT2D eigenvalue weighted by Crippen LogP contribution is -2.18. The smallest absolute Gasteiger partial charge is 0.226 e. The average Bonchev–Trinajstić information content (AvgIpc) is 1.89. The molecule has 0 bridgehead atoms.